The number of benzene rings is 1. The molecule has 1 amide bonds. The lowest BCUT2D eigenvalue weighted by Gasteiger charge is -2.47. The van der Waals surface area contributed by atoms with Crippen molar-refractivity contribution >= 4 is 5.91 Å². The number of rotatable bonds is 2. The zero-order valence-corrected chi connectivity index (χ0v) is 13.0. The van der Waals surface area contributed by atoms with Crippen molar-refractivity contribution in [2.45, 2.75) is 25.3 Å². The van der Waals surface area contributed by atoms with Gasteiger partial charge in [0.1, 0.15) is 0 Å². The summed E-state index contributed by atoms with van der Waals surface area (Å²) in [6, 6.07) is 9.13. The van der Waals surface area contributed by atoms with Gasteiger partial charge in [-0.3, -0.25) is 9.69 Å². The number of hydrogen-bond donors (Lipinski definition) is 0. The second-order valence-electron chi connectivity index (χ2n) is 6.75. The van der Waals surface area contributed by atoms with E-state index in [2.05, 4.69) is 34.1 Å². The molecule has 1 atom stereocenters. The van der Waals surface area contributed by atoms with Crippen molar-refractivity contribution in [1.29, 1.82) is 0 Å². The molecule has 2 fully saturated rings. The van der Waals surface area contributed by atoms with Crippen molar-refractivity contribution in [2.24, 2.45) is 5.92 Å². The van der Waals surface area contributed by atoms with Gasteiger partial charge >= 0.3 is 0 Å². The van der Waals surface area contributed by atoms with Crippen molar-refractivity contribution in [1.82, 2.24) is 9.80 Å². The monoisotopic (exact) mass is 300 g/mol. The number of nitrogens with zero attached hydrogens (tertiary/aromatic N) is 2. The van der Waals surface area contributed by atoms with Gasteiger partial charge in [0.05, 0.1) is 13.2 Å². The molecule has 22 heavy (non-hydrogen) atoms. The Kier molecular flexibility index (Phi) is 3.89. The number of carbonyl (C=O) groups excluding carboxylic acids is 1. The highest BCUT2D eigenvalue weighted by Gasteiger charge is 2.38. The van der Waals surface area contributed by atoms with E-state index in [0.29, 0.717) is 11.9 Å². The van der Waals surface area contributed by atoms with Crippen LogP contribution in [-0.4, -0.2) is 61.1 Å². The van der Waals surface area contributed by atoms with Crippen LogP contribution >= 0.6 is 0 Å². The maximum Gasteiger partial charge on any atom is 0.226 e. The van der Waals surface area contributed by atoms with Crippen molar-refractivity contribution < 1.29 is 9.53 Å². The van der Waals surface area contributed by atoms with Gasteiger partial charge in [0.15, 0.2) is 0 Å². The van der Waals surface area contributed by atoms with Gasteiger partial charge in [0.25, 0.3) is 0 Å². The Morgan fingerprint density at radius 3 is 2.59 bits per heavy atom. The standard InChI is InChI=1S/C18H24N2O2/c21-18(16-6-5-14-3-1-2-4-15(14)11-16)20-12-17(13-20)19-7-9-22-10-8-19/h1-4,16-17H,5-13H2. The second-order valence-corrected chi connectivity index (χ2v) is 6.75. The molecule has 0 saturated carbocycles. The topological polar surface area (TPSA) is 32.8 Å². The van der Waals surface area contributed by atoms with Crippen LogP contribution in [0.2, 0.25) is 0 Å². The fourth-order valence-corrected chi connectivity index (χ4v) is 3.98. The first-order chi connectivity index (χ1) is 10.8. The summed E-state index contributed by atoms with van der Waals surface area (Å²) in [7, 11) is 0. The number of aryl methyl sites for hydroxylation is 1. The van der Waals surface area contributed by atoms with E-state index >= 15 is 0 Å². The predicted octanol–water partition coefficient (Wildman–Crippen LogP) is 1.33. The smallest absolute Gasteiger partial charge is 0.226 e. The molecule has 4 heteroatoms. The molecule has 0 bridgehead atoms. The minimum atomic E-state index is 0.195. The number of morpholine rings is 1. The average Bonchev–Trinajstić information content (AvgIpc) is 2.54. The SMILES string of the molecule is O=C(C1CCc2ccccc2C1)N1CC(N2CCOCC2)C1. The maximum atomic E-state index is 12.7. The lowest BCUT2D eigenvalue weighted by atomic mass is 9.82. The van der Waals surface area contributed by atoms with E-state index in [4.69, 9.17) is 4.74 Å². The summed E-state index contributed by atoms with van der Waals surface area (Å²) in [5.41, 5.74) is 2.80. The van der Waals surface area contributed by atoms with Crippen LogP contribution in [0.4, 0.5) is 0 Å². The van der Waals surface area contributed by atoms with Crippen LogP contribution < -0.4 is 0 Å². The molecule has 1 aliphatic carbocycles. The molecule has 1 aromatic carbocycles. The lowest BCUT2D eigenvalue weighted by molar-refractivity contribution is -0.144. The molecule has 0 aromatic heterocycles. The summed E-state index contributed by atoms with van der Waals surface area (Å²) < 4.78 is 5.40. The Bertz CT molecular complexity index is 548. The second kappa shape index (κ2) is 6.01. The van der Waals surface area contributed by atoms with Gasteiger partial charge in [0.2, 0.25) is 5.91 Å². The third kappa shape index (κ3) is 2.66. The molecule has 0 N–H and O–H groups in total. The quantitative estimate of drug-likeness (QED) is 0.826. The van der Waals surface area contributed by atoms with Crippen LogP contribution in [0.15, 0.2) is 24.3 Å². The Labute approximate surface area is 132 Å². The number of likely N-dealkylation sites (tertiary alicyclic amines) is 1. The van der Waals surface area contributed by atoms with E-state index in [1.54, 1.807) is 0 Å². The summed E-state index contributed by atoms with van der Waals surface area (Å²) in [4.78, 5) is 17.2. The fraction of sp³-hybridized carbons (Fsp3) is 0.611. The zero-order valence-electron chi connectivity index (χ0n) is 13.0. The van der Waals surface area contributed by atoms with E-state index in [1.807, 2.05) is 0 Å². The summed E-state index contributed by atoms with van der Waals surface area (Å²) in [5, 5.41) is 0. The first-order valence-electron chi connectivity index (χ1n) is 8.48. The molecule has 2 saturated heterocycles. The highest BCUT2D eigenvalue weighted by molar-refractivity contribution is 5.80. The van der Waals surface area contributed by atoms with E-state index < -0.39 is 0 Å². The van der Waals surface area contributed by atoms with Crippen LogP contribution in [-0.2, 0) is 22.4 Å². The van der Waals surface area contributed by atoms with Crippen molar-refractivity contribution in [3.63, 3.8) is 0 Å². The number of carbonyl (C=O) groups is 1. The minimum Gasteiger partial charge on any atom is -0.379 e. The van der Waals surface area contributed by atoms with E-state index in [1.165, 1.54) is 11.1 Å². The van der Waals surface area contributed by atoms with E-state index in [9.17, 15) is 4.79 Å². The molecule has 1 aromatic rings. The predicted molar refractivity (Wildman–Crippen MR) is 84.7 cm³/mol. The van der Waals surface area contributed by atoms with Crippen LogP contribution in [0.3, 0.4) is 0 Å². The molecule has 118 valence electrons. The molecule has 2 heterocycles. The Morgan fingerprint density at radius 1 is 1.09 bits per heavy atom. The van der Waals surface area contributed by atoms with E-state index in [0.717, 1.165) is 58.7 Å². The zero-order chi connectivity index (χ0) is 14.9. The lowest BCUT2D eigenvalue weighted by Crippen LogP contribution is -2.63. The summed E-state index contributed by atoms with van der Waals surface area (Å²) in [6.07, 6.45) is 2.98. The third-order valence-electron chi connectivity index (χ3n) is 5.43. The van der Waals surface area contributed by atoms with Crippen LogP contribution in [0.5, 0.6) is 0 Å². The van der Waals surface area contributed by atoms with Crippen LogP contribution in [0.1, 0.15) is 17.5 Å². The van der Waals surface area contributed by atoms with Gasteiger partial charge in [0, 0.05) is 38.1 Å². The fourth-order valence-electron chi connectivity index (χ4n) is 3.98. The molecule has 4 rings (SSSR count). The van der Waals surface area contributed by atoms with Crippen LogP contribution in [0.25, 0.3) is 0 Å². The normalized spacial score (nSPS) is 26.4. The van der Waals surface area contributed by atoms with Gasteiger partial charge in [-0.2, -0.15) is 0 Å². The molecular formula is C18H24N2O2. The molecule has 1 unspecified atom stereocenters. The Morgan fingerprint density at radius 2 is 1.82 bits per heavy atom. The minimum absolute atomic E-state index is 0.195. The number of amides is 1. The van der Waals surface area contributed by atoms with E-state index in [-0.39, 0.29) is 5.92 Å². The highest BCUT2D eigenvalue weighted by Crippen LogP contribution is 2.28. The third-order valence-corrected chi connectivity index (χ3v) is 5.43. The maximum absolute atomic E-state index is 12.7. The molecule has 2 aliphatic heterocycles. The Balaban J connectivity index is 1.32. The van der Waals surface area contributed by atoms with Gasteiger partial charge in [-0.15, -0.1) is 0 Å². The van der Waals surface area contributed by atoms with Crippen molar-refractivity contribution in [2.75, 3.05) is 39.4 Å². The molecule has 3 aliphatic rings. The average molecular weight is 300 g/mol. The largest absolute Gasteiger partial charge is 0.379 e. The first-order valence-corrected chi connectivity index (χ1v) is 8.48. The molecule has 0 spiro atoms. The van der Waals surface area contributed by atoms with Gasteiger partial charge < -0.3 is 9.64 Å². The number of fused-ring (bicyclic) bond motifs is 1. The number of ether oxygens (including phenoxy) is 1. The summed E-state index contributed by atoms with van der Waals surface area (Å²) >= 11 is 0. The molecule has 4 nitrogen and oxygen atoms in total. The van der Waals surface area contributed by atoms with Gasteiger partial charge in [-0.25, -0.2) is 0 Å². The highest BCUT2D eigenvalue weighted by atomic mass is 16.5. The van der Waals surface area contributed by atoms with Crippen molar-refractivity contribution in [3.8, 4) is 0 Å². The van der Waals surface area contributed by atoms with Crippen LogP contribution in [0, 0.1) is 5.92 Å². The van der Waals surface area contributed by atoms with Crippen molar-refractivity contribution in [3.05, 3.63) is 35.4 Å². The number of hydrogen-bond acceptors (Lipinski definition) is 3. The van der Waals surface area contributed by atoms with Gasteiger partial charge in [-0.1, -0.05) is 24.3 Å². The Hall–Kier alpha value is -1.39. The summed E-state index contributed by atoms with van der Waals surface area (Å²) in [6.45, 7) is 5.54. The first kappa shape index (κ1) is 14.2. The molecular weight excluding hydrogens is 276 g/mol. The van der Waals surface area contributed by atoms with Gasteiger partial charge in [-0.05, 0) is 30.4 Å². The molecule has 0 radical (unpaired) electrons. The summed E-state index contributed by atoms with van der Waals surface area (Å²) in [5.74, 6) is 0.569.